The minimum atomic E-state index is -0.424. The molecule has 4 heterocycles. The number of aliphatic hydroxyl groups is 1. The molecule has 1 saturated carbocycles. The molecule has 0 unspecified atom stereocenters. The van der Waals surface area contributed by atoms with Gasteiger partial charge in [0.15, 0.2) is 0 Å². The molecule has 0 radical (unpaired) electrons. The molecule has 2 saturated heterocycles. The van der Waals surface area contributed by atoms with Crippen LogP contribution < -0.4 is 5.32 Å². The number of amides is 1. The van der Waals surface area contributed by atoms with Crippen molar-refractivity contribution >= 4 is 22.5 Å². The molecule has 0 spiro atoms. The van der Waals surface area contributed by atoms with Crippen molar-refractivity contribution in [2.45, 2.75) is 56.6 Å². The van der Waals surface area contributed by atoms with Crippen LogP contribution in [0.3, 0.4) is 0 Å². The van der Waals surface area contributed by atoms with Gasteiger partial charge in [-0.15, -0.1) is 0 Å². The minimum Gasteiger partial charge on any atom is -0.389 e. The third kappa shape index (κ3) is 4.29. The van der Waals surface area contributed by atoms with E-state index < -0.39 is 6.10 Å². The standard InChI is InChI=1S/C29H34N4O3/c1-18-11-21-15-31-27(32-28(35)24-14-23(24)25-5-3-4-8-30-25)13-20(21)12-22(18)19-6-9-33(10-7-19)29(2)17-36-16-26(29)34/h3-5,8,11-13,15,19,23-24,26,34H,6-7,9-10,14,16-17H2,1-2H3,(H,31,32,35)/t23-,24-,26+,29-/m0/s1. The van der Waals surface area contributed by atoms with Crippen LogP contribution in [0.15, 0.2) is 48.8 Å². The van der Waals surface area contributed by atoms with Gasteiger partial charge in [0.25, 0.3) is 0 Å². The Kier molecular flexibility index (Phi) is 6.02. The van der Waals surface area contributed by atoms with Crippen molar-refractivity contribution in [3.8, 4) is 0 Å². The summed E-state index contributed by atoms with van der Waals surface area (Å²) in [7, 11) is 0. The number of pyridine rings is 2. The maximum absolute atomic E-state index is 12.8. The predicted octanol–water partition coefficient (Wildman–Crippen LogP) is 4.01. The van der Waals surface area contributed by atoms with Gasteiger partial charge in [-0.3, -0.25) is 14.7 Å². The molecule has 36 heavy (non-hydrogen) atoms. The number of carbonyl (C=O) groups excluding carboxylic acids is 1. The van der Waals surface area contributed by atoms with Crippen LogP contribution in [0.5, 0.6) is 0 Å². The number of rotatable bonds is 5. The van der Waals surface area contributed by atoms with Crippen molar-refractivity contribution in [1.82, 2.24) is 14.9 Å². The highest BCUT2D eigenvalue weighted by atomic mass is 16.5. The molecule has 3 aliphatic rings. The summed E-state index contributed by atoms with van der Waals surface area (Å²) in [6.07, 6.45) is 6.16. The largest absolute Gasteiger partial charge is 0.389 e. The molecule has 2 aromatic heterocycles. The van der Waals surface area contributed by atoms with Crippen LogP contribution >= 0.6 is 0 Å². The van der Waals surface area contributed by atoms with Crippen LogP contribution in [0.4, 0.5) is 5.82 Å². The lowest BCUT2D eigenvalue weighted by atomic mass is 9.83. The number of anilines is 1. The van der Waals surface area contributed by atoms with Crippen molar-refractivity contribution in [3.63, 3.8) is 0 Å². The van der Waals surface area contributed by atoms with Crippen molar-refractivity contribution in [3.05, 3.63) is 65.6 Å². The normalized spacial score (nSPS) is 28.9. The lowest BCUT2D eigenvalue weighted by Gasteiger charge is -2.44. The molecular formula is C29H34N4O3. The molecule has 0 bridgehead atoms. The summed E-state index contributed by atoms with van der Waals surface area (Å²) in [6.45, 7) is 7.23. The fourth-order valence-corrected chi connectivity index (χ4v) is 6.12. The molecule has 188 valence electrons. The lowest BCUT2D eigenvalue weighted by Crippen LogP contribution is -2.56. The van der Waals surface area contributed by atoms with Gasteiger partial charge >= 0.3 is 0 Å². The van der Waals surface area contributed by atoms with Gasteiger partial charge in [-0.2, -0.15) is 0 Å². The van der Waals surface area contributed by atoms with E-state index in [0.717, 1.165) is 48.8 Å². The van der Waals surface area contributed by atoms with Gasteiger partial charge in [0.05, 0.1) is 24.9 Å². The van der Waals surface area contributed by atoms with Gasteiger partial charge in [-0.25, -0.2) is 4.98 Å². The number of carbonyl (C=O) groups is 1. The van der Waals surface area contributed by atoms with E-state index in [-0.39, 0.29) is 23.3 Å². The Bertz CT molecular complexity index is 1270. The van der Waals surface area contributed by atoms with Crippen molar-refractivity contribution in [2.24, 2.45) is 5.92 Å². The third-order valence-corrected chi connectivity index (χ3v) is 8.60. The predicted molar refractivity (Wildman–Crippen MR) is 139 cm³/mol. The SMILES string of the molecule is Cc1cc2cnc(NC(=O)[C@H]3C[C@@H]3c3ccccn3)cc2cc1C1CCN([C@@]2(C)COC[C@H]2O)CC1. The summed E-state index contributed by atoms with van der Waals surface area (Å²) in [5.41, 5.74) is 3.36. The van der Waals surface area contributed by atoms with E-state index in [9.17, 15) is 9.90 Å². The van der Waals surface area contributed by atoms with E-state index >= 15 is 0 Å². The Morgan fingerprint density at radius 2 is 2.00 bits per heavy atom. The first-order chi connectivity index (χ1) is 17.4. The van der Waals surface area contributed by atoms with Crippen LogP contribution in [0.1, 0.15) is 54.8 Å². The van der Waals surface area contributed by atoms with Gasteiger partial charge in [-0.1, -0.05) is 12.1 Å². The van der Waals surface area contributed by atoms with Crippen molar-refractivity contribution in [2.75, 3.05) is 31.6 Å². The Hall–Kier alpha value is -2.87. The van der Waals surface area contributed by atoms with Gasteiger partial charge in [0.2, 0.25) is 5.91 Å². The number of hydrogen-bond acceptors (Lipinski definition) is 6. The molecule has 3 aromatic rings. The van der Waals surface area contributed by atoms with E-state index in [1.165, 1.54) is 11.1 Å². The molecule has 6 rings (SSSR count). The van der Waals surface area contributed by atoms with Crippen LogP contribution in [-0.4, -0.2) is 63.8 Å². The summed E-state index contributed by atoms with van der Waals surface area (Å²) in [5.74, 6) is 1.26. The first kappa shape index (κ1) is 23.5. The maximum atomic E-state index is 12.8. The topological polar surface area (TPSA) is 87.6 Å². The molecule has 1 aliphatic carbocycles. The van der Waals surface area contributed by atoms with Gasteiger partial charge in [0, 0.05) is 35.3 Å². The summed E-state index contributed by atoms with van der Waals surface area (Å²) < 4.78 is 5.56. The molecule has 3 fully saturated rings. The molecule has 7 nitrogen and oxygen atoms in total. The fourth-order valence-electron chi connectivity index (χ4n) is 6.12. The number of aromatic nitrogens is 2. The number of nitrogens with one attached hydrogen (secondary N) is 1. The van der Waals surface area contributed by atoms with E-state index in [1.54, 1.807) is 6.20 Å². The summed E-state index contributed by atoms with van der Waals surface area (Å²) in [5, 5.41) is 15.7. The summed E-state index contributed by atoms with van der Waals surface area (Å²) in [6, 6.07) is 12.3. The molecule has 4 atom stereocenters. The molecule has 2 N–H and O–H groups in total. The van der Waals surface area contributed by atoms with E-state index in [0.29, 0.717) is 24.9 Å². The molecule has 7 heteroatoms. The molecule has 1 amide bonds. The zero-order valence-corrected chi connectivity index (χ0v) is 21.0. The van der Waals surface area contributed by atoms with Crippen molar-refractivity contribution < 1.29 is 14.6 Å². The monoisotopic (exact) mass is 486 g/mol. The van der Waals surface area contributed by atoms with Crippen molar-refractivity contribution in [1.29, 1.82) is 0 Å². The third-order valence-electron chi connectivity index (χ3n) is 8.60. The number of aliphatic hydroxyl groups excluding tert-OH is 1. The second-order valence-electron chi connectivity index (χ2n) is 11.0. The van der Waals surface area contributed by atoms with E-state index in [4.69, 9.17) is 4.74 Å². The molecule has 1 aromatic carbocycles. The highest BCUT2D eigenvalue weighted by Crippen LogP contribution is 2.47. The second-order valence-corrected chi connectivity index (χ2v) is 11.0. The van der Waals surface area contributed by atoms with Crippen LogP contribution in [0.25, 0.3) is 10.8 Å². The van der Waals surface area contributed by atoms with E-state index in [2.05, 4.69) is 46.2 Å². The van der Waals surface area contributed by atoms with Gasteiger partial charge in [-0.05, 0) is 92.9 Å². The Labute approximate surface area is 211 Å². The van der Waals surface area contributed by atoms with E-state index in [1.807, 2.05) is 30.5 Å². The number of aryl methyl sites for hydroxylation is 1. The lowest BCUT2D eigenvalue weighted by molar-refractivity contribution is -0.117. The number of hydrogen-bond donors (Lipinski definition) is 2. The quantitative estimate of drug-likeness (QED) is 0.567. The number of piperidine rings is 1. The first-order valence-electron chi connectivity index (χ1n) is 13.1. The zero-order valence-electron chi connectivity index (χ0n) is 21.0. The second kappa shape index (κ2) is 9.21. The van der Waals surface area contributed by atoms with Crippen LogP contribution in [0.2, 0.25) is 0 Å². The molecular weight excluding hydrogens is 452 g/mol. The smallest absolute Gasteiger partial charge is 0.229 e. The maximum Gasteiger partial charge on any atom is 0.229 e. The van der Waals surface area contributed by atoms with Crippen LogP contribution in [-0.2, 0) is 9.53 Å². The average molecular weight is 487 g/mol. The summed E-state index contributed by atoms with van der Waals surface area (Å²) in [4.78, 5) is 24.2. The number of likely N-dealkylation sites (tertiary alicyclic amines) is 1. The minimum absolute atomic E-state index is 0.0174. The first-order valence-corrected chi connectivity index (χ1v) is 13.1. The number of fused-ring (bicyclic) bond motifs is 1. The highest BCUT2D eigenvalue weighted by Gasteiger charge is 2.46. The Morgan fingerprint density at radius 1 is 1.17 bits per heavy atom. The Balaban J connectivity index is 1.15. The van der Waals surface area contributed by atoms with Gasteiger partial charge in [0.1, 0.15) is 5.82 Å². The number of ether oxygens (including phenoxy) is 1. The Morgan fingerprint density at radius 3 is 2.72 bits per heavy atom. The zero-order chi connectivity index (χ0) is 24.9. The average Bonchev–Trinajstić information content (AvgIpc) is 3.63. The van der Waals surface area contributed by atoms with Crippen LogP contribution in [0, 0.1) is 12.8 Å². The molecule has 2 aliphatic heterocycles. The van der Waals surface area contributed by atoms with Gasteiger partial charge < -0.3 is 15.2 Å². The number of benzene rings is 1. The highest BCUT2D eigenvalue weighted by molar-refractivity contribution is 5.96. The fraction of sp³-hybridized carbons (Fsp3) is 0.483. The summed E-state index contributed by atoms with van der Waals surface area (Å²) >= 11 is 0. The number of nitrogens with zero attached hydrogens (tertiary/aromatic N) is 3.